The van der Waals surface area contributed by atoms with Crippen molar-refractivity contribution >= 4 is 18.4 Å². The molecule has 0 heterocycles. The van der Waals surface area contributed by atoms with E-state index in [9.17, 15) is 0 Å². The van der Waals surface area contributed by atoms with Crippen LogP contribution in [-0.4, -0.2) is 8.07 Å². The average Bonchev–Trinajstić information content (AvgIpc) is 2.90. The lowest BCUT2D eigenvalue weighted by Crippen LogP contribution is -2.59. The third kappa shape index (κ3) is 3.35. The molecule has 0 saturated heterocycles. The van der Waals surface area contributed by atoms with Crippen LogP contribution in [0.25, 0.3) is 0 Å². The second-order valence-corrected chi connectivity index (χ2v) is 12.7. The molecule has 0 spiro atoms. The standard InChI is InChI=1S/C27H36Si/c1-9-23-15-24(10-2)17-26(16-23)28(8,25-13-11-18(3)12-14-25)27-21(6)19(4)20(5)22(27)7/h11-17,21H,9-10H2,1-8H3. The van der Waals surface area contributed by atoms with Gasteiger partial charge in [0.25, 0.3) is 0 Å². The summed E-state index contributed by atoms with van der Waals surface area (Å²) in [5.41, 5.74) is 8.90. The fraction of sp³-hybridized carbons (Fsp3) is 0.407. The Hall–Kier alpha value is -1.86. The number of benzene rings is 2. The molecule has 2 unspecified atom stereocenters. The summed E-state index contributed by atoms with van der Waals surface area (Å²) in [6.07, 6.45) is 2.20. The smallest absolute Gasteiger partial charge is 0.0636 e. The molecule has 2 atom stereocenters. The van der Waals surface area contributed by atoms with Crippen molar-refractivity contribution in [2.24, 2.45) is 5.92 Å². The summed E-state index contributed by atoms with van der Waals surface area (Å²) in [6, 6.07) is 16.8. The number of rotatable bonds is 5. The molecule has 2 aromatic rings. The first kappa shape index (κ1) is 20.9. The molecule has 148 valence electrons. The minimum atomic E-state index is -2.06. The van der Waals surface area contributed by atoms with Crippen molar-refractivity contribution in [3.8, 4) is 0 Å². The van der Waals surface area contributed by atoms with Crippen molar-refractivity contribution in [1.82, 2.24) is 0 Å². The highest BCUT2D eigenvalue weighted by Gasteiger charge is 2.42. The second-order valence-electron chi connectivity index (χ2n) is 8.80. The van der Waals surface area contributed by atoms with E-state index in [-0.39, 0.29) is 0 Å². The summed E-state index contributed by atoms with van der Waals surface area (Å²) in [4.78, 5) is 0. The van der Waals surface area contributed by atoms with Gasteiger partial charge in [-0.1, -0.05) is 91.7 Å². The molecular formula is C27H36Si. The minimum Gasteiger partial charge on any atom is -0.0636 e. The van der Waals surface area contributed by atoms with E-state index in [0.717, 1.165) is 12.8 Å². The fourth-order valence-corrected chi connectivity index (χ4v) is 9.75. The number of aryl methyl sites for hydroxylation is 3. The zero-order valence-corrected chi connectivity index (χ0v) is 20.0. The van der Waals surface area contributed by atoms with Gasteiger partial charge in [-0.3, -0.25) is 0 Å². The molecule has 0 bridgehead atoms. The van der Waals surface area contributed by atoms with Gasteiger partial charge in [-0.2, -0.15) is 0 Å². The lowest BCUT2D eigenvalue weighted by Gasteiger charge is -2.35. The van der Waals surface area contributed by atoms with E-state index in [4.69, 9.17) is 0 Å². The van der Waals surface area contributed by atoms with Crippen LogP contribution in [0.1, 0.15) is 58.2 Å². The molecule has 0 nitrogen and oxygen atoms in total. The number of hydrogen-bond acceptors (Lipinski definition) is 0. The predicted octanol–water partition coefficient (Wildman–Crippen LogP) is 6.15. The van der Waals surface area contributed by atoms with Crippen LogP contribution >= 0.6 is 0 Å². The molecule has 0 amide bonds. The van der Waals surface area contributed by atoms with Gasteiger partial charge in [0.05, 0.1) is 0 Å². The highest BCUT2D eigenvalue weighted by Crippen LogP contribution is 2.41. The maximum atomic E-state index is 2.59. The first-order valence-electron chi connectivity index (χ1n) is 10.8. The summed E-state index contributed by atoms with van der Waals surface area (Å²) in [5.74, 6) is 0.535. The van der Waals surface area contributed by atoms with E-state index in [1.807, 2.05) is 0 Å². The molecule has 1 aliphatic carbocycles. The molecule has 1 aliphatic rings. The van der Waals surface area contributed by atoms with E-state index in [1.54, 1.807) is 21.5 Å². The second kappa shape index (κ2) is 7.87. The Bertz CT molecular complexity index is 920. The molecule has 28 heavy (non-hydrogen) atoms. The predicted molar refractivity (Wildman–Crippen MR) is 128 cm³/mol. The Labute approximate surface area is 173 Å². The highest BCUT2D eigenvalue weighted by atomic mass is 28.3. The summed E-state index contributed by atoms with van der Waals surface area (Å²) in [6.45, 7) is 18.8. The lowest BCUT2D eigenvalue weighted by atomic mass is 10.1. The van der Waals surface area contributed by atoms with Crippen molar-refractivity contribution in [3.63, 3.8) is 0 Å². The Kier molecular flexibility index (Phi) is 5.86. The van der Waals surface area contributed by atoms with Crippen molar-refractivity contribution in [3.05, 3.63) is 81.1 Å². The van der Waals surface area contributed by atoms with E-state index < -0.39 is 8.07 Å². The van der Waals surface area contributed by atoms with Crippen molar-refractivity contribution in [2.45, 2.75) is 67.9 Å². The Balaban J connectivity index is 2.33. The maximum absolute atomic E-state index is 2.59. The summed E-state index contributed by atoms with van der Waals surface area (Å²) in [7, 11) is -2.06. The van der Waals surface area contributed by atoms with Gasteiger partial charge in [0, 0.05) is 0 Å². The van der Waals surface area contributed by atoms with Gasteiger partial charge in [0.1, 0.15) is 8.07 Å². The molecule has 0 radical (unpaired) electrons. The third-order valence-electron chi connectivity index (χ3n) is 7.25. The zero-order valence-electron chi connectivity index (χ0n) is 19.0. The summed E-state index contributed by atoms with van der Waals surface area (Å²) < 4.78 is 0. The maximum Gasteiger partial charge on any atom is 0.142 e. The Morgan fingerprint density at radius 3 is 1.71 bits per heavy atom. The minimum absolute atomic E-state index is 0.535. The fourth-order valence-electron chi connectivity index (χ4n) is 5.00. The lowest BCUT2D eigenvalue weighted by molar-refractivity contribution is 0.850. The monoisotopic (exact) mass is 388 g/mol. The highest BCUT2D eigenvalue weighted by molar-refractivity contribution is 7.06. The van der Waals surface area contributed by atoms with Crippen molar-refractivity contribution in [2.75, 3.05) is 0 Å². The van der Waals surface area contributed by atoms with Crippen LogP contribution in [0.15, 0.2) is 64.4 Å². The zero-order chi connectivity index (χ0) is 20.6. The van der Waals surface area contributed by atoms with Gasteiger partial charge < -0.3 is 0 Å². The normalized spacial score (nSPS) is 19.4. The van der Waals surface area contributed by atoms with Crippen molar-refractivity contribution < 1.29 is 0 Å². The van der Waals surface area contributed by atoms with Crippen LogP contribution in [-0.2, 0) is 12.8 Å². The molecule has 0 saturated carbocycles. The molecule has 0 aromatic heterocycles. The topological polar surface area (TPSA) is 0 Å². The summed E-state index contributed by atoms with van der Waals surface area (Å²) >= 11 is 0. The first-order chi connectivity index (χ1) is 13.2. The van der Waals surface area contributed by atoms with Crippen LogP contribution in [0.3, 0.4) is 0 Å². The van der Waals surface area contributed by atoms with Crippen molar-refractivity contribution in [1.29, 1.82) is 0 Å². The Morgan fingerprint density at radius 1 is 0.750 bits per heavy atom. The molecule has 0 aliphatic heterocycles. The van der Waals surface area contributed by atoms with Gasteiger partial charge in [-0.15, -0.1) is 0 Å². The molecule has 0 fully saturated rings. The molecule has 3 rings (SSSR count). The Morgan fingerprint density at radius 2 is 1.29 bits per heavy atom. The number of hydrogen-bond donors (Lipinski definition) is 0. The average molecular weight is 389 g/mol. The van der Waals surface area contributed by atoms with Gasteiger partial charge in [0.2, 0.25) is 0 Å². The van der Waals surface area contributed by atoms with E-state index in [0.29, 0.717) is 5.92 Å². The van der Waals surface area contributed by atoms with E-state index in [1.165, 1.54) is 27.5 Å². The van der Waals surface area contributed by atoms with Gasteiger partial charge >= 0.3 is 0 Å². The molecule has 1 heteroatoms. The van der Waals surface area contributed by atoms with Crippen LogP contribution in [0.4, 0.5) is 0 Å². The van der Waals surface area contributed by atoms with E-state index in [2.05, 4.69) is 97.5 Å². The molecular weight excluding hydrogens is 352 g/mol. The molecule has 2 aromatic carbocycles. The quantitative estimate of drug-likeness (QED) is 0.539. The van der Waals surface area contributed by atoms with Crippen LogP contribution in [0.2, 0.25) is 6.55 Å². The van der Waals surface area contributed by atoms with E-state index >= 15 is 0 Å². The van der Waals surface area contributed by atoms with Gasteiger partial charge in [-0.25, -0.2) is 0 Å². The van der Waals surface area contributed by atoms with Gasteiger partial charge in [-0.05, 0) is 73.5 Å². The van der Waals surface area contributed by atoms with Crippen LogP contribution < -0.4 is 10.4 Å². The largest absolute Gasteiger partial charge is 0.142 e. The molecule has 0 N–H and O–H groups in total. The van der Waals surface area contributed by atoms with Crippen LogP contribution in [0.5, 0.6) is 0 Å². The van der Waals surface area contributed by atoms with Crippen LogP contribution in [0, 0.1) is 12.8 Å². The third-order valence-corrected chi connectivity index (χ3v) is 12.1. The first-order valence-corrected chi connectivity index (χ1v) is 13.3. The SMILES string of the molecule is CCc1cc(CC)cc([Si](C)(C2=C(C)C(C)=C(C)C2C)c2ccc(C)cc2)c1. The van der Waals surface area contributed by atoms with Gasteiger partial charge in [0.15, 0.2) is 0 Å². The summed E-state index contributed by atoms with van der Waals surface area (Å²) in [5, 5.41) is 4.83. The number of allylic oxidation sites excluding steroid dienone is 4.